The van der Waals surface area contributed by atoms with Gasteiger partial charge in [-0.1, -0.05) is 66.2 Å². The summed E-state index contributed by atoms with van der Waals surface area (Å²) >= 11 is 6.20. The number of aryl methyl sites for hydroxylation is 1. The number of rotatable bonds is 13. The van der Waals surface area contributed by atoms with Crippen molar-refractivity contribution in [2.24, 2.45) is 13.0 Å². The summed E-state index contributed by atoms with van der Waals surface area (Å²) in [6.07, 6.45) is 2.11. The molecule has 1 aromatic heterocycles. The second kappa shape index (κ2) is 24.3. The molecular formula is C54H67ClN8O7. The molecule has 0 spiro atoms. The molecule has 0 unspecified atom stereocenters. The minimum Gasteiger partial charge on any atom is -0.457 e. The van der Waals surface area contributed by atoms with Crippen LogP contribution in [0.3, 0.4) is 0 Å². The van der Waals surface area contributed by atoms with E-state index in [2.05, 4.69) is 25.1 Å². The molecule has 5 atom stereocenters. The van der Waals surface area contributed by atoms with Crippen LogP contribution in [0.2, 0.25) is 5.02 Å². The number of aromatic nitrogens is 2. The number of halogens is 1. The van der Waals surface area contributed by atoms with E-state index >= 15 is 4.79 Å². The van der Waals surface area contributed by atoms with Crippen LogP contribution in [-0.2, 0) is 61.7 Å². The van der Waals surface area contributed by atoms with Crippen molar-refractivity contribution in [3.05, 3.63) is 136 Å². The van der Waals surface area contributed by atoms with Gasteiger partial charge in [0.05, 0.1) is 37.5 Å². The highest BCUT2D eigenvalue weighted by Crippen LogP contribution is 2.32. The molecule has 1 saturated heterocycles. The number of likely N-dealkylation sites (N-methyl/N-ethyl adjacent to an activating group) is 2. The smallest absolute Gasteiger partial charge is 0.247 e. The molecule has 5 amide bonds. The molecule has 16 heteroatoms. The molecule has 372 valence electrons. The van der Waals surface area contributed by atoms with Gasteiger partial charge < -0.3 is 44.3 Å². The Morgan fingerprint density at radius 2 is 1.49 bits per heavy atom. The van der Waals surface area contributed by atoms with Crippen LogP contribution in [0.1, 0.15) is 54.8 Å². The van der Waals surface area contributed by atoms with Crippen LogP contribution in [0.25, 0.3) is 11.3 Å². The van der Waals surface area contributed by atoms with Gasteiger partial charge in [-0.25, -0.2) is 4.98 Å². The van der Waals surface area contributed by atoms with E-state index in [0.717, 1.165) is 33.8 Å². The first-order valence-electron chi connectivity index (χ1n) is 23.6. The Balaban J connectivity index is 1.36. The number of ether oxygens (including phenoxy) is 2. The maximum absolute atomic E-state index is 15.1. The van der Waals surface area contributed by atoms with Crippen molar-refractivity contribution < 1.29 is 33.4 Å². The third kappa shape index (κ3) is 13.6. The molecule has 2 heterocycles. The summed E-state index contributed by atoms with van der Waals surface area (Å²) in [5, 5.41) is 6.41. The lowest BCUT2D eigenvalue weighted by Crippen LogP contribution is -2.57. The number of carbonyl (C=O) groups is 5. The van der Waals surface area contributed by atoms with Crippen molar-refractivity contribution in [1.29, 1.82) is 0 Å². The number of methoxy groups -OCH3 is 1. The van der Waals surface area contributed by atoms with E-state index in [9.17, 15) is 19.2 Å². The SMILES string of the molecule is COC[C@@H]1NC(=O)[C@H](C)N(Cc2c(C)cccc2Oc2ccc(-c3cnc(CN(C)C)n3C)cc2)C(=O)C[C@@H](Cc2ccccc2)C(=O)N(C)[C@@H](C)CNC(=O)C[C@H](Cc2ccc(Cl)cc2)N(C)C1=O. The molecule has 0 saturated carbocycles. The Hall–Kier alpha value is -6.55. The van der Waals surface area contributed by atoms with Crippen molar-refractivity contribution in [3.63, 3.8) is 0 Å². The average molecular weight is 976 g/mol. The Bertz CT molecular complexity index is 2590. The Morgan fingerprint density at radius 3 is 2.16 bits per heavy atom. The molecule has 70 heavy (non-hydrogen) atoms. The first-order chi connectivity index (χ1) is 33.4. The largest absolute Gasteiger partial charge is 0.457 e. The number of imidazole rings is 1. The number of nitrogens with zero attached hydrogens (tertiary/aromatic N) is 6. The van der Waals surface area contributed by atoms with Crippen LogP contribution in [0.4, 0.5) is 0 Å². The first-order valence-corrected chi connectivity index (χ1v) is 24.0. The monoisotopic (exact) mass is 974 g/mol. The molecule has 5 aromatic rings. The highest BCUT2D eigenvalue weighted by Gasteiger charge is 2.36. The van der Waals surface area contributed by atoms with Gasteiger partial charge in [-0.2, -0.15) is 0 Å². The fraction of sp³-hybridized carbons (Fsp3) is 0.407. The fourth-order valence-corrected chi connectivity index (χ4v) is 8.78. The Morgan fingerprint density at radius 1 is 0.800 bits per heavy atom. The van der Waals surface area contributed by atoms with E-state index in [0.29, 0.717) is 35.1 Å². The number of hydrogen-bond acceptors (Lipinski definition) is 9. The Kier molecular flexibility index (Phi) is 18.4. The normalized spacial score (nSPS) is 20.3. The van der Waals surface area contributed by atoms with Crippen LogP contribution >= 0.6 is 11.6 Å². The summed E-state index contributed by atoms with van der Waals surface area (Å²) in [5.74, 6) is -1.01. The zero-order valence-electron chi connectivity index (χ0n) is 41.8. The van der Waals surface area contributed by atoms with Crippen molar-refractivity contribution >= 4 is 41.1 Å². The molecule has 4 aromatic carbocycles. The highest BCUT2D eigenvalue weighted by molar-refractivity contribution is 6.30. The van der Waals surface area contributed by atoms with Gasteiger partial charge in [0.2, 0.25) is 29.5 Å². The molecule has 1 aliphatic heterocycles. The van der Waals surface area contributed by atoms with Gasteiger partial charge in [0.15, 0.2) is 0 Å². The standard InChI is InChI=1S/C54H67ClN8O7/c1-35-14-13-17-48(70-44-24-20-40(21-25-44)47-31-56-49(62(47)8)33-59(4)5)45(35)32-63-37(3)52(66)58-46(34-69-9)54(68)61(7)43(27-39-18-22-42(55)23-19-39)29-50(64)57-30-36(2)60(6)53(67)41(28-51(63)65)26-38-15-11-10-12-16-38/h10-25,31,36-37,41,43,46H,26-30,32-34H2,1-9H3,(H,57,64)(H,58,66)/t36-,37-,41+,43-,46-/m0/s1. The topological polar surface area (TPSA) is 159 Å². The number of carbonyl (C=O) groups excluding carboxylic acids is 5. The second-order valence-electron chi connectivity index (χ2n) is 18.6. The Labute approximate surface area is 417 Å². The molecular weight excluding hydrogens is 908 g/mol. The highest BCUT2D eigenvalue weighted by atomic mass is 35.5. The predicted molar refractivity (Wildman–Crippen MR) is 271 cm³/mol. The van der Waals surface area contributed by atoms with Crippen LogP contribution in [-0.4, -0.2) is 131 Å². The van der Waals surface area contributed by atoms with E-state index in [-0.39, 0.29) is 50.8 Å². The van der Waals surface area contributed by atoms with Crippen molar-refractivity contribution in [3.8, 4) is 22.8 Å². The lowest BCUT2D eigenvalue weighted by molar-refractivity contribution is -0.147. The maximum Gasteiger partial charge on any atom is 0.247 e. The third-order valence-electron chi connectivity index (χ3n) is 13.1. The first kappa shape index (κ1) is 52.8. The van der Waals surface area contributed by atoms with Crippen molar-refractivity contribution in [1.82, 2.24) is 39.8 Å². The van der Waals surface area contributed by atoms with E-state index in [1.165, 1.54) is 16.9 Å². The minimum absolute atomic E-state index is 0.0618. The quantitative estimate of drug-likeness (QED) is 0.136. The zero-order valence-corrected chi connectivity index (χ0v) is 42.5. The van der Waals surface area contributed by atoms with Gasteiger partial charge >= 0.3 is 0 Å². The van der Waals surface area contributed by atoms with E-state index in [1.807, 2.05) is 126 Å². The average Bonchev–Trinajstić information content (AvgIpc) is 3.70. The summed E-state index contributed by atoms with van der Waals surface area (Å²) in [5.41, 5.74) is 5.09. The van der Waals surface area contributed by atoms with Crippen LogP contribution in [0.15, 0.2) is 103 Å². The molecule has 0 aliphatic carbocycles. The van der Waals surface area contributed by atoms with E-state index in [4.69, 9.17) is 21.1 Å². The lowest BCUT2D eigenvalue weighted by atomic mass is 9.93. The van der Waals surface area contributed by atoms with Crippen LogP contribution < -0.4 is 15.4 Å². The summed E-state index contributed by atoms with van der Waals surface area (Å²) in [6, 6.07) is 26.5. The predicted octanol–water partition coefficient (Wildman–Crippen LogP) is 6.44. The number of benzene rings is 4. The van der Waals surface area contributed by atoms with Crippen LogP contribution in [0.5, 0.6) is 11.5 Å². The number of nitrogens with one attached hydrogen (secondary N) is 2. The second-order valence-corrected chi connectivity index (χ2v) is 19.0. The summed E-state index contributed by atoms with van der Waals surface area (Å²) in [4.78, 5) is 83.7. The van der Waals surface area contributed by atoms with Gasteiger partial charge in [0, 0.05) is 75.9 Å². The van der Waals surface area contributed by atoms with Gasteiger partial charge in [-0.15, -0.1) is 0 Å². The molecule has 1 fully saturated rings. The molecule has 0 radical (unpaired) electrons. The molecule has 0 bridgehead atoms. The summed E-state index contributed by atoms with van der Waals surface area (Å²) in [6.45, 7) is 5.94. The summed E-state index contributed by atoms with van der Waals surface area (Å²) in [7, 11) is 10.7. The molecule has 1 aliphatic rings. The molecule has 15 nitrogen and oxygen atoms in total. The number of hydrogen-bond donors (Lipinski definition) is 2. The van der Waals surface area contributed by atoms with Crippen LogP contribution in [0, 0.1) is 12.8 Å². The molecule has 2 N–H and O–H groups in total. The van der Waals surface area contributed by atoms with Gasteiger partial charge in [-0.3, -0.25) is 24.0 Å². The van der Waals surface area contributed by atoms with Gasteiger partial charge in [0.1, 0.15) is 29.4 Å². The van der Waals surface area contributed by atoms with E-state index in [1.54, 1.807) is 38.1 Å². The van der Waals surface area contributed by atoms with Crippen molar-refractivity contribution in [2.75, 3.05) is 48.5 Å². The fourth-order valence-electron chi connectivity index (χ4n) is 8.65. The lowest BCUT2D eigenvalue weighted by Gasteiger charge is -2.35. The van der Waals surface area contributed by atoms with E-state index < -0.39 is 47.8 Å². The molecule has 6 rings (SSSR count). The summed E-state index contributed by atoms with van der Waals surface area (Å²) < 4.78 is 14.1. The minimum atomic E-state index is -1.18. The number of amides is 5. The van der Waals surface area contributed by atoms with Gasteiger partial charge in [0.25, 0.3) is 0 Å². The third-order valence-corrected chi connectivity index (χ3v) is 13.4. The van der Waals surface area contributed by atoms with Crippen molar-refractivity contribution in [2.45, 2.75) is 83.7 Å². The van der Waals surface area contributed by atoms with Gasteiger partial charge in [-0.05, 0) is 107 Å². The zero-order chi connectivity index (χ0) is 50.6. The maximum atomic E-state index is 15.1.